The largest absolute Gasteiger partial charge is 0.525 e. The number of hydrogen-bond acceptors (Lipinski definition) is 1. The molecule has 0 N–H and O–H groups in total. The maximum Gasteiger partial charge on any atom is 0.525 e. The van der Waals surface area contributed by atoms with Crippen LogP contribution in [0.1, 0.15) is 41.5 Å². The average molecular weight is 263 g/mol. The first-order chi connectivity index (χ1) is 4.96. The summed E-state index contributed by atoms with van der Waals surface area (Å²) >= 11 is 0. The molecule has 1 radical (unpaired) electrons. The second kappa shape index (κ2) is 4.53. The molecular weight excluding hydrogens is 245 g/mol. The fraction of sp³-hybridized carbons (Fsp3) is 1.00. The average Bonchev–Trinajstić information content (AvgIpc) is 1.52. The Morgan fingerprint density at radius 3 is 1.31 bits per heavy atom. The topological polar surface area (TPSA) is 9.23 Å². The van der Waals surface area contributed by atoms with Crippen LogP contribution in [0, 0.1) is 0 Å². The summed E-state index contributed by atoms with van der Waals surface area (Å²) in [5.41, 5.74) is -0.759. The van der Waals surface area contributed by atoms with E-state index in [9.17, 15) is 8.39 Å². The standard InChI is InChI=1S/C8H18F2OP.Cu/c1-7(2,3)11-12(9,10)8(4,5)6;/h1-6H3;/q+1;. The van der Waals surface area contributed by atoms with Gasteiger partial charge < -0.3 is 0 Å². The van der Waals surface area contributed by atoms with Gasteiger partial charge in [0.1, 0.15) is 5.60 Å². The minimum atomic E-state index is -4.25. The fourth-order valence-corrected chi connectivity index (χ4v) is 1.44. The molecule has 0 bridgehead atoms. The minimum Gasteiger partial charge on any atom is -0.164 e. The van der Waals surface area contributed by atoms with Crippen molar-refractivity contribution in [2.24, 2.45) is 0 Å². The molecule has 0 aliphatic carbocycles. The zero-order valence-corrected chi connectivity index (χ0v) is 10.7. The van der Waals surface area contributed by atoms with Crippen molar-refractivity contribution in [2.75, 3.05) is 0 Å². The second-order valence-electron chi connectivity index (χ2n) is 4.84. The van der Waals surface area contributed by atoms with Gasteiger partial charge in [0, 0.05) is 25.5 Å². The Hall–Kier alpha value is 0.769. The van der Waals surface area contributed by atoms with Gasteiger partial charge in [0.25, 0.3) is 0 Å². The van der Waals surface area contributed by atoms with E-state index in [0.717, 1.165) is 0 Å². The van der Waals surface area contributed by atoms with Crippen molar-refractivity contribution < 1.29 is 30.0 Å². The van der Waals surface area contributed by atoms with Crippen LogP contribution >= 0.6 is 8.11 Å². The molecule has 0 saturated heterocycles. The molecule has 0 aliphatic rings. The van der Waals surface area contributed by atoms with Crippen molar-refractivity contribution in [1.29, 1.82) is 0 Å². The quantitative estimate of drug-likeness (QED) is 0.506. The molecule has 0 atom stereocenters. The van der Waals surface area contributed by atoms with Crippen molar-refractivity contribution in [3.63, 3.8) is 0 Å². The molecule has 85 valence electrons. The van der Waals surface area contributed by atoms with Gasteiger partial charge in [-0.05, 0) is 41.5 Å². The van der Waals surface area contributed by atoms with Crippen LogP contribution in [0.25, 0.3) is 0 Å². The summed E-state index contributed by atoms with van der Waals surface area (Å²) in [6.07, 6.45) is 0. The van der Waals surface area contributed by atoms with E-state index in [0.29, 0.717) is 0 Å². The van der Waals surface area contributed by atoms with Crippen molar-refractivity contribution in [3.05, 3.63) is 0 Å². The van der Waals surface area contributed by atoms with E-state index in [1.54, 1.807) is 20.8 Å². The van der Waals surface area contributed by atoms with Crippen LogP contribution in [0.2, 0.25) is 0 Å². The first kappa shape index (κ1) is 16.2. The summed E-state index contributed by atoms with van der Waals surface area (Å²) in [6.45, 7) is 9.46. The van der Waals surface area contributed by atoms with Crippen LogP contribution in [0.3, 0.4) is 0 Å². The third-order valence-corrected chi connectivity index (χ3v) is 3.51. The molecule has 0 unspecified atom stereocenters. The fourth-order valence-electron chi connectivity index (χ4n) is 0.481. The SMILES string of the molecule is CC(C)(C)O[P+](F)(F)C(C)(C)C.[Cu]. The Kier molecular flexibility index (Phi) is 5.64. The Balaban J connectivity index is 0. The van der Waals surface area contributed by atoms with Gasteiger partial charge in [-0.2, -0.15) is 4.52 Å². The smallest absolute Gasteiger partial charge is 0.164 e. The molecule has 0 aliphatic heterocycles. The van der Waals surface area contributed by atoms with E-state index in [2.05, 4.69) is 0 Å². The molecule has 0 saturated carbocycles. The van der Waals surface area contributed by atoms with E-state index in [1.165, 1.54) is 20.8 Å². The molecule has 0 amide bonds. The van der Waals surface area contributed by atoms with Crippen LogP contribution in [0.5, 0.6) is 0 Å². The minimum absolute atomic E-state index is 0. The zero-order chi connectivity index (χ0) is 10.2. The molecule has 0 fully saturated rings. The molecule has 0 aromatic heterocycles. The third kappa shape index (κ3) is 5.96. The number of hydrogen-bond donors (Lipinski definition) is 0. The monoisotopic (exact) mass is 262 g/mol. The molecule has 1 nitrogen and oxygen atoms in total. The third-order valence-electron chi connectivity index (χ3n) is 1.17. The van der Waals surface area contributed by atoms with Crippen molar-refractivity contribution in [1.82, 2.24) is 0 Å². The number of halogens is 2. The predicted octanol–water partition coefficient (Wildman–Crippen LogP) is 4.30. The summed E-state index contributed by atoms with van der Waals surface area (Å²) in [5.74, 6) is 0. The summed E-state index contributed by atoms with van der Waals surface area (Å²) in [5, 5.41) is -1.04. The first-order valence-corrected chi connectivity index (χ1v) is 5.44. The maximum atomic E-state index is 13.3. The van der Waals surface area contributed by atoms with Gasteiger partial charge in [-0.15, -0.1) is 0 Å². The van der Waals surface area contributed by atoms with E-state index < -0.39 is 18.9 Å². The zero-order valence-electron chi connectivity index (χ0n) is 8.91. The molecule has 5 heteroatoms. The van der Waals surface area contributed by atoms with E-state index in [-0.39, 0.29) is 17.1 Å². The normalized spacial score (nSPS) is 13.8. The summed E-state index contributed by atoms with van der Waals surface area (Å²) in [4.78, 5) is 0. The van der Waals surface area contributed by atoms with Crippen molar-refractivity contribution in [2.45, 2.75) is 52.3 Å². The van der Waals surface area contributed by atoms with Crippen LogP contribution in [0.4, 0.5) is 8.39 Å². The van der Waals surface area contributed by atoms with Crippen LogP contribution in [0.15, 0.2) is 0 Å². The van der Waals surface area contributed by atoms with Gasteiger partial charge in [0.05, 0.1) is 0 Å². The van der Waals surface area contributed by atoms with Gasteiger partial charge in [-0.25, -0.2) is 0 Å². The molecular formula is C8H18CuF2OP+. The van der Waals surface area contributed by atoms with Crippen LogP contribution < -0.4 is 0 Å². The summed E-state index contributed by atoms with van der Waals surface area (Å²) < 4.78 is 31.4. The van der Waals surface area contributed by atoms with E-state index in [4.69, 9.17) is 4.52 Å². The van der Waals surface area contributed by atoms with Gasteiger partial charge >= 0.3 is 8.11 Å². The van der Waals surface area contributed by atoms with Gasteiger partial charge in [-0.1, -0.05) is 0 Å². The van der Waals surface area contributed by atoms with Crippen LogP contribution in [-0.2, 0) is 21.6 Å². The van der Waals surface area contributed by atoms with Crippen LogP contribution in [-0.4, -0.2) is 10.8 Å². The maximum absolute atomic E-state index is 13.3. The molecule has 0 heterocycles. The molecule has 0 aromatic rings. The van der Waals surface area contributed by atoms with E-state index in [1.807, 2.05) is 0 Å². The van der Waals surface area contributed by atoms with Crippen molar-refractivity contribution >= 4 is 8.11 Å². The first-order valence-electron chi connectivity index (χ1n) is 3.95. The summed E-state index contributed by atoms with van der Waals surface area (Å²) in [6, 6.07) is 0. The Morgan fingerprint density at radius 1 is 0.923 bits per heavy atom. The Labute approximate surface area is 90.8 Å². The summed E-state index contributed by atoms with van der Waals surface area (Å²) in [7, 11) is -4.25. The van der Waals surface area contributed by atoms with Gasteiger partial charge in [0.2, 0.25) is 0 Å². The Bertz CT molecular complexity index is 161. The molecule has 0 aromatic carbocycles. The number of rotatable bonds is 1. The van der Waals surface area contributed by atoms with Gasteiger partial charge in [-0.3, -0.25) is 0 Å². The second-order valence-corrected chi connectivity index (χ2v) is 7.29. The van der Waals surface area contributed by atoms with E-state index >= 15 is 0 Å². The molecule has 0 rings (SSSR count). The van der Waals surface area contributed by atoms with Gasteiger partial charge in [0.15, 0.2) is 5.16 Å². The predicted molar refractivity (Wildman–Crippen MR) is 49.7 cm³/mol. The molecule has 0 spiro atoms. The molecule has 13 heavy (non-hydrogen) atoms. The van der Waals surface area contributed by atoms with Crippen molar-refractivity contribution in [3.8, 4) is 0 Å². The Morgan fingerprint density at radius 2 is 1.23 bits per heavy atom.